The van der Waals surface area contributed by atoms with Crippen LogP contribution in [0.4, 0.5) is 0 Å². The van der Waals surface area contributed by atoms with Crippen molar-refractivity contribution in [3.63, 3.8) is 0 Å². The molecule has 0 bridgehead atoms. The molecule has 0 aliphatic carbocycles. The monoisotopic (exact) mass is 708 g/mol. The second-order valence-corrected chi connectivity index (χ2v) is 12.0. The Kier molecular flexibility index (Phi) is 14.6. The van der Waals surface area contributed by atoms with Gasteiger partial charge in [-0.15, -0.1) is 0 Å². The highest BCUT2D eigenvalue weighted by atomic mass is 16.8. The van der Waals surface area contributed by atoms with Crippen molar-refractivity contribution in [2.24, 2.45) is 0 Å². The summed E-state index contributed by atoms with van der Waals surface area (Å²) >= 11 is 0. The van der Waals surface area contributed by atoms with E-state index >= 15 is 0 Å². The van der Waals surface area contributed by atoms with Crippen molar-refractivity contribution in [1.29, 1.82) is 0 Å². The van der Waals surface area contributed by atoms with Gasteiger partial charge in [0.1, 0.15) is 91.6 Å². The number of aliphatic hydroxyl groups is 12. The summed E-state index contributed by atoms with van der Waals surface area (Å²) in [6.45, 7) is -2.87. The molecule has 0 spiro atoms. The van der Waals surface area contributed by atoms with Crippen LogP contribution in [0.3, 0.4) is 0 Å². The molecule has 0 aromatic carbocycles. The second kappa shape index (κ2) is 17.6. The molecule has 20 atom stereocenters. The Morgan fingerprint density at radius 1 is 0.479 bits per heavy atom. The first-order valence-electron chi connectivity index (χ1n) is 15.4. The van der Waals surface area contributed by atoms with Gasteiger partial charge in [0, 0.05) is 20.6 Å². The molecule has 4 fully saturated rings. The minimum Gasteiger partial charge on any atom is -0.394 e. The first-order valence-corrected chi connectivity index (χ1v) is 15.4. The van der Waals surface area contributed by atoms with Crippen LogP contribution in [0.2, 0.25) is 0 Å². The molecular formula is C27H48O21. The molecule has 4 saturated heterocycles. The van der Waals surface area contributed by atoms with Crippen LogP contribution in [0.25, 0.3) is 0 Å². The highest BCUT2D eigenvalue weighted by Gasteiger charge is 2.52. The standard InChI is InChI=1S/C27H48O21/c1-40-22-16(34)11(5-29)46-27(20(22)38)43-9-3-8(31)24(48-23-17(35)12(6-30)44-25(41-2)21(23)39)47-13(14(9)32)7-42-26-19(37)18(36)15(33)10(4-28)45-26/h8-39H,3-7H2,1-2H3/t8?,9?,10?,11?,12?,13?,14-,15+,16+,17+,18?,19?,20?,21?,22?,23?,24-,25+,26+,27+/m0/s1. The van der Waals surface area contributed by atoms with Crippen LogP contribution in [-0.2, 0) is 42.6 Å². The molecule has 0 saturated carbocycles. The normalized spacial score (nSPS) is 50.6. The average Bonchev–Trinajstić information content (AvgIpc) is 3.18. The van der Waals surface area contributed by atoms with Gasteiger partial charge in [-0.1, -0.05) is 0 Å². The summed E-state index contributed by atoms with van der Waals surface area (Å²) in [5.74, 6) is 0. The number of ether oxygens (including phenoxy) is 9. The van der Waals surface area contributed by atoms with Crippen molar-refractivity contribution in [1.82, 2.24) is 0 Å². The number of methoxy groups -OCH3 is 2. The summed E-state index contributed by atoms with van der Waals surface area (Å²) < 4.78 is 49.4. The Labute approximate surface area is 274 Å². The molecule has 0 aromatic heterocycles. The van der Waals surface area contributed by atoms with Gasteiger partial charge in [0.2, 0.25) is 0 Å². The lowest BCUT2D eigenvalue weighted by atomic mass is 9.98. The van der Waals surface area contributed by atoms with E-state index in [1.54, 1.807) is 0 Å². The highest BCUT2D eigenvalue weighted by molar-refractivity contribution is 4.95. The van der Waals surface area contributed by atoms with Gasteiger partial charge < -0.3 is 104 Å². The van der Waals surface area contributed by atoms with E-state index in [1.807, 2.05) is 0 Å². The summed E-state index contributed by atoms with van der Waals surface area (Å²) in [5.41, 5.74) is 0. The predicted molar refractivity (Wildman–Crippen MR) is 148 cm³/mol. The van der Waals surface area contributed by atoms with Gasteiger partial charge in [-0.2, -0.15) is 0 Å². The number of aliphatic hydroxyl groups excluding tert-OH is 12. The Morgan fingerprint density at radius 2 is 1.00 bits per heavy atom. The van der Waals surface area contributed by atoms with Gasteiger partial charge in [0.25, 0.3) is 0 Å². The van der Waals surface area contributed by atoms with Crippen molar-refractivity contribution in [2.45, 2.75) is 129 Å². The predicted octanol–water partition coefficient (Wildman–Crippen LogP) is -8.05. The van der Waals surface area contributed by atoms with E-state index in [0.717, 1.165) is 0 Å². The van der Waals surface area contributed by atoms with Gasteiger partial charge >= 0.3 is 0 Å². The van der Waals surface area contributed by atoms with Crippen molar-refractivity contribution in [2.75, 3.05) is 40.6 Å². The van der Waals surface area contributed by atoms with Gasteiger partial charge in [-0.3, -0.25) is 0 Å². The van der Waals surface area contributed by atoms with Crippen LogP contribution in [0.1, 0.15) is 6.42 Å². The number of hydrogen-bond acceptors (Lipinski definition) is 21. The fourth-order valence-corrected chi connectivity index (χ4v) is 6.04. The minimum absolute atomic E-state index is 0.522. The first-order chi connectivity index (χ1) is 22.8. The Bertz CT molecular complexity index is 948. The van der Waals surface area contributed by atoms with Crippen molar-refractivity contribution in [3.05, 3.63) is 0 Å². The summed E-state index contributed by atoms with van der Waals surface area (Å²) in [6.07, 6.45) is -32.1. The zero-order valence-electron chi connectivity index (χ0n) is 26.1. The van der Waals surface area contributed by atoms with Gasteiger partial charge in [0.15, 0.2) is 25.2 Å². The largest absolute Gasteiger partial charge is 0.394 e. The topological polar surface area (TPSA) is 326 Å². The van der Waals surface area contributed by atoms with E-state index in [9.17, 15) is 61.3 Å². The molecule has 282 valence electrons. The third-order valence-corrected chi connectivity index (χ3v) is 8.88. The molecule has 4 aliphatic rings. The summed E-state index contributed by atoms with van der Waals surface area (Å²) in [6, 6.07) is 0. The number of hydrogen-bond donors (Lipinski definition) is 12. The van der Waals surface area contributed by atoms with Crippen molar-refractivity contribution in [3.8, 4) is 0 Å². The van der Waals surface area contributed by atoms with E-state index in [4.69, 9.17) is 42.6 Å². The van der Waals surface area contributed by atoms with Gasteiger partial charge in [0.05, 0.1) is 32.5 Å². The van der Waals surface area contributed by atoms with E-state index < -0.39 is 156 Å². The molecule has 4 heterocycles. The van der Waals surface area contributed by atoms with E-state index in [-0.39, 0.29) is 0 Å². The van der Waals surface area contributed by atoms with Crippen LogP contribution in [-0.4, -0.2) is 225 Å². The third-order valence-electron chi connectivity index (χ3n) is 8.88. The highest BCUT2D eigenvalue weighted by Crippen LogP contribution is 2.33. The number of rotatable bonds is 12. The van der Waals surface area contributed by atoms with Crippen LogP contribution >= 0.6 is 0 Å². The zero-order valence-corrected chi connectivity index (χ0v) is 26.1. The summed E-state index contributed by atoms with van der Waals surface area (Å²) in [5, 5.41) is 125. The maximum Gasteiger partial charge on any atom is 0.187 e. The molecule has 48 heavy (non-hydrogen) atoms. The van der Waals surface area contributed by atoms with Crippen LogP contribution < -0.4 is 0 Å². The molecule has 21 nitrogen and oxygen atoms in total. The SMILES string of the molecule is COC1C(O)[C@H](OC2CC(O)[C@H](OC3C(O)[C@H](OC)OC(CO)[C@H]3O)OC(CO[C@@H]3OC(CO)[C@@H](O)C(O)C3O)[C@H]2O)OC(CO)[C@H]1O. The maximum atomic E-state index is 11.4. The molecule has 4 aliphatic heterocycles. The summed E-state index contributed by atoms with van der Waals surface area (Å²) in [4.78, 5) is 0. The minimum atomic E-state index is -1.83. The average molecular weight is 709 g/mol. The Morgan fingerprint density at radius 3 is 1.58 bits per heavy atom. The lowest BCUT2D eigenvalue weighted by Crippen LogP contribution is -2.61. The Hall–Kier alpha value is -0.840. The van der Waals surface area contributed by atoms with Crippen LogP contribution in [0.5, 0.6) is 0 Å². The maximum absolute atomic E-state index is 11.4. The fraction of sp³-hybridized carbons (Fsp3) is 1.00. The third kappa shape index (κ3) is 8.44. The summed E-state index contributed by atoms with van der Waals surface area (Å²) in [7, 11) is 2.38. The molecule has 4 rings (SSSR count). The fourth-order valence-electron chi connectivity index (χ4n) is 6.04. The molecule has 0 aromatic rings. The van der Waals surface area contributed by atoms with E-state index in [0.29, 0.717) is 0 Å². The smallest absolute Gasteiger partial charge is 0.187 e. The molecule has 12 unspecified atom stereocenters. The van der Waals surface area contributed by atoms with E-state index in [2.05, 4.69) is 0 Å². The first kappa shape index (κ1) is 39.9. The quantitative estimate of drug-likeness (QED) is 0.0895. The van der Waals surface area contributed by atoms with Crippen molar-refractivity contribution >= 4 is 0 Å². The van der Waals surface area contributed by atoms with Crippen LogP contribution in [0.15, 0.2) is 0 Å². The van der Waals surface area contributed by atoms with Crippen molar-refractivity contribution < 1.29 is 104 Å². The molecule has 0 radical (unpaired) electrons. The van der Waals surface area contributed by atoms with E-state index in [1.165, 1.54) is 14.2 Å². The van der Waals surface area contributed by atoms with Gasteiger partial charge in [-0.25, -0.2) is 0 Å². The Balaban J connectivity index is 1.58. The molecular weight excluding hydrogens is 660 g/mol. The molecule has 0 amide bonds. The van der Waals surface area contributed by atoms with Gasteiger partial charge in [-0.05, 0) is 0 Å². The lowest BCUT2D eigenvalue weighted by molar-refractivity contribution is -0.341. The lowest BCUT2D eigenvalue weighted by Gasteiger charge is -2.43. The molecule has 21 heteroatoms. The zero-order chi connectivity index (χ0) is 35.4. The van der Waals surface area contributed by atoms with Crippen LogP contribution in [0, 0.1) is 0 Å². The second-order valence-electron chi connectivity index (χ2n) is 12.0. The molecule has 12 N–H and O–H groups in total.